The molecule has 1 amide bonds. The van der Waals surface area contributed by atoms with Crippen LogP contribution in [0.5, 0.6) is 0 Å². The molecule has 0 spiro atoms. The number of rotatable bonds is 5. The maximum Gasteiger partial charge on any atom is 0.251 e. The van der Waals surface area contributed by atoms with Crippen LogP contribution in [0.2, 0.25) is 10.0 Å². The van der Waals surface area contributed by atoms with Crippen LogP contribution in [0.4, 0.5) is 4.39 Å². The first-order valence-electron chi connectivity index (χ1n) is 8.79. The van der Waals surface area contributed by atoms with Gasteiger partial charge < -0.3 is 10.1 Å². The number of hydrogen-bond donors (Lipinski definition) is 1. The Morgan fingerprint density at radius 2 is 2.04 bits per heavy atom. The maximum absolute atomic E-state index is 14.6. The summed E-state index contributed by atoms with van der Waals surface area (Å²) in [6, 6.07) is 10.9. The first kappa shape index (κ1) is 20.1. The second-order valence-electron chi connectivity index (χ2n) is 6.54. The van der Waals surface area contributed by atoms with E-state index in [4.69, 9.17) is 27.9 Å². The van der Waals surface area contributed by atoms with Crippen molar-refractivity contribution < 1.29 is 13.9 Å². The van der Waals surface area contributed by atoms with Crippen molar-refractivity contribution in [2.45, 2.75) is 19.1 Å². The highest BCUT2D eigenvalue weighted by molar-refractivity contribution is 6.31. The third kappa shape index (κ3) is 4.99. The Morgan fingerprint density at radius 1 is 1.30 bits per heavy atom. The number of nitrogens with zero attached hydrogens (tertiary/aromatic N) is 1. The molecule has 1 saturated heterocycles. The van der Waals surface area contributed by atoms with Gasteiger partial charge in [-0.1, -0.05) is 29.3 Å². The van der Waals surface area contributed by atoms with E-state index in [9.17, 15) is 9.18 Å². The number of nitrogens with one attached hydrogen (secondary N) is 1. The molecule has 4 nitrogen and oxygen atoms in total. The Hall–Kier alpha value is -1.66. The van der Waals surface area contributed by atoms with Crippen LogP contribution in [0.1, 0.15) is 28.9 Å². The highest BCUT2D eigenvalue weighted by Crippen LogP contribution is 2.31. The molecule has 1 N–H and O–H groups in total. The summed E-state index contributed by atoms with van der Waals surface area (Å²) in [5.74, 6) is -0.627. The Bertz CT molecular complexity index is 781. The SMILES string of the molecule is CC1CN(C(CNC(=O)c2ccc(Cl)cc2)c2c(F)cccc2Cl)CCO1. The molecular formula is C20H21Cl2FN2O2. The molecule has 3 rings (SSSR count). The fourth-order valence-corrected chi connectivity index (χ4v) is 3.68. The summed E-state index contributed by atoms with van der Waals surface area (Å²) in [6.07, 6.45) is 0.0266. The number of ether oxygens (including phenoxy) is 1. The number of carbonyl (C=O) groups excluding carboxylic acids is 1. The number of benzene rings is 2. The van der Waals surface area contributed by atoms with E-state index in [1.807, 2.05) is 6.92 Å². The number of halogens is 3. The van der Waals surface area contributed by atoms with Crippen molar-refractivity contribution in [3.05, 3.63) is 69.5 Å². The highest BCUT2D eigenvalue weighted by Gasteiger charge is 2.29. The fourth-order valence-electron chi connectivity index (χ4n) is 3.26. The maximum atomic E-state index is 14.6. The number of amides is 1. The van der Waals surface area contributed by atoms with E-state index in [0.717, 1.165) is 0 Å². The molecular weight excluding hydrogens is 390 g/mol. The molecule has 7 heteroatoms. The number of hydrogen-bond acceptors (Lipinski definition) is 3. The molecule has 1 heterocycles. The predicted octanol–water partition coefficient (Wildman–Crippen LogP) is 4.32. The van der Waals surface area contributed by atoms with Gasteiger partial charge in [0.2, 0.25) is 0 Å². The van der Waals surface area contributed by atoms with E-state index in [-0.39, 0.29) is 30.4 Å². The van der Waals surface area contributed by atoms with Crippen LogP contribution >= 0.6 is 23.2 Å². The first-order valence-corrected chi connectivity index (χ1v) is 9.54. The van der Waals surface area contributed by atoms with Gasteiger partial charge >= 0.3 is 0 Å². The Kier molecular flexibility index (Phi) is 6.71. The lowest BCUT2D eigenvalue weighted by molar-refractivity contribution is -0.0346. The summed E-state index contributed by atoms with van der Waals surface area (Å²) < 4.78 is 20.2. The van der Waals surface area contributed by atoms with Crippen LogP contribution in [0.25, 0.3) is 0 Å². The van der Waals surface area contributed by atoms with Gasteiger partial charge in [0.15, 0.2) is 0 Å². The lowest BCUT2D eigenvalue weighted by Gasteiger charge is -2.38. The second-order valence-corrected chi connectivity index (χ2v) is 7.39. The van der Waals surface area contributed by atoms with Crippen LogP contribution in [-0.4, -0.2) is 43.2 Å². The lowest BCUT2D eigenvalue weighted by Crippen LogP contribution is -2.47. The van der Waals surface area contributed by atoms with Gasteiger partial charge in [-0.3, -0.25) is 9.69 Å². The number of morpholine rings is 1. The molecule has 144 valence electrons. The molecule has 1 aliphatic heterocycles. The summed E-state index contributed by atoms with van der Waals surface area (Å²) in [6.45, 7) is 4.02. The lowest BCUT2D eigenvalue weighted by atomic mass is 10.0. The topological polar surface area (TPSA) is 41.6 Å². The van der Waals surface area contributed by atoms with Crippen molar-refractivity contribution in [1.82, 2.24) is 10.2 Å². The zero-order valence-corrected chi connectivity index (χ0v) is 16.4. The van der Waals surface area contributed by atoms with Crippen molar-refractivity contribution in [2.75, 3.05) is 26.2 Å². The molecule has 0 aliphatic carbocycles. The summed E-state index contributed by atoms with van der Waals surface area (Å²) in [7, 11) is 0. The standard InChI is InChI=1S/C20H21Cl2FN2O2/c1-13-12-25(9-10-27-13)18(19-16(22)3-2-4-17(19)23)11-24-20(26)14-5-7-15(21)8-6-14/h2-8,13,18H,9-12H2,1H3,(H,24,26). The van der Waals surface area contributed by atoms with Gasteiger partial charge in [-0.2, -0.15) is 0 Å². The second kappa shape index (κ2) is 9.02. The Labute approximate surface area is 168 Å². The molecule has 1 aliphatic rings. The summed E-state index contributed by atoms with van der Waals surface area (Å²) >= 11 is 12.2. The predicted molar refractivity (Wildman–Crippen MR) is 105 cm³/mol. The van der Waals surface area contributed by atoms with Crippen LogP contribution in [0, 0.1) is 5.82 Å². The molecule has 2 aromatic carbocycles. The average molecular weight is 411 g/mol. The molecule has 0 bridgehead atoms. The van der Waals surface area contributed by atoms with Gasteiger partial charge in [-0.05, 0) is 43.3 Å². The van der Waals surface area contributed by atoms with Crippen LogP contribution in [0.3, 0.4) is 0 Å². The quantitative estimate of drug-likeness (QED) is 0.797. The van der Waals surface area contributed by atoms with Gasteiger partial charge in [0.1, 0.15) is 5.82 Å². The zero-order chi connectivity index (χ0) is 19.4. The van der Waals surface area contributed by atoms with E-state index in [1.165, 1.54) is 6.07 Å². The minimum Gasteiger partial charge on any atom is -0.376 e. The smallest absolute Gasteiger partial charge is 0.251 e. The first-order chi connectivity index (χ1) is 13.0. The minimum atomic E-state index is -0.388. The van der Waals surface area contributed by atoms with E-state index < -0.39 is 0 Å². The molecule has 2 aromatic rings. The molecule has 0 radical (unpaired) electrons. The van der Waals surface area contributed by atoms with Crippen LogP contribution in [-0.2, 0) is 4.74 Å². The normalized spacial score (nSPS) is 18.9. The summed E-state index contributed by atoms with van der Waals surface area (Å²) in [4.78, 5) is 14.6. The van der Waals surface area contributed by atoms with E-state index in [1.54, 1.807) is 36.4 Å². The zero-order valence-electron chi connectivity index (χ0n) is 14.9. The number of carbonyl (C=O) groups is 1. The van der Waals surface area contributed by atoms with Gasteiger partial charge in [0, 0.05) is 40.8 Å². The Morgan fingerprint density at radius 3 is 2.70 bits per heavy atom. The molecule has 27 heavy (non-hydrogen) atoms. The van der Waals surface area contributed by atoms with Crippen molar-refractivity contribution in [1.29, 1.82) is 0 Å². The largest absolute Gasteiger partial charge is 0.376 e. The van der Waals surface area contributed by atoms with Crippen molar-refractivity contribution >= 4 is 29.1 Å². The molecule has 2 unspecified atom stereocenters. The van der Waals surface area contributed by atoms with E-state index in [0.29, 0.717) is 40.9 Å². The average Bonchev–Trinajstić information content (AvgIpc) is 2.64. The van der Waals surface area contributed by atoms with Gasteiger partial charge in [-0.25, -0.2) is 4.39 Å². The Balaban J connectivity index is 1.81. The van der Waals surface area contributed by atoms with E-state index in [2.05, 4.69) is 10.2 Å². The van der Waals surface area contributed by atoms with E-state index >= 15 is 0 Å². The third-order valence-corrected chi connectivity index (χ3v) is 5.19. The molecule has 0 aromatic heterocycles. The third-order valence-electron chi connectivity index (χ3n) is 4.61. The fraction of sp³-hybridized carbons (Fsp3) is 0.350. The molecule has 0 saturated carbocycles. The highest BCUT2D eigenvalue weighted by atomic mass is 35.5. The summed E-state index contributed by atoms with van der Waals surface area (Å²) in [5, 5.41) is 3.80. The van der Waals surface area contributed by atoms with Gasteiger partial charge in [0.25, 0.3) is 5.91 Å². The van der Waals surface area contributed by atoms with Crippen molar-refractivity contribution in [3.63, 3.8) is 0 Å². The van der Waals surface area contributed by atoms with Gasteiger partial charge in [-0.15, -0.1) is 0 Å². The van der Waals surface area contributed by atoms with Crippen LogP contribution < -0.4 is 5.32 Å². The minimum absolute atomic E-state index is 0.0266. The van der Waals surface area contributed by atoms with Crippen LogP contribution in [0.15, 0.2) is 42.5 Å². The van der Waals surface area contributed by atoms with Crippen molar-refractivity contribution in [3.8, 4) is 0 Å². The van der Waals surface area contributed by atoms with Gasteiger partial charge in [0.05, 0.1) is 18.8 Å². The summed E-state index contributed by atoms with van der Waals surface area (Å²) in [5.41, 5.74) is 0.887. The molecule has 1 fully saturated rings. The monoisotopic (exact) mass is 410 g/mol. The van der Waals surface area contributed by atoms with Crippen molar-refractivity contribution in [2.24, 2.45) is 0 Å². The molecule has 2 atom stereocenters.